The maximum Gasteiger partial charge on any atom is 0.251 e. The second-order valence-electron chi connectivity index (χ2n) is 8.83. The van der Waals surface area contributed by atoms with Crippen molar-refractivity contribution in [1.29, 1.82) is 0 Å². The van der Waals surface area contributed by atoms with Crippen molar-refractivity contribution in [3.05, 3.63) is 84.6 Å². The van der Waals surface area contributed by atoms with Gasteiger partial charge in [-0.1, -0.05) is 31.2 Å². The van der Waals surface area contributed by atoms with E-state index in [4.69, 9.17) is 0 Å². The van der Waals surface area contributed by atoms with Crippen molar-refractivity contribution in [2.75, 3.05) is 19.6 Å². The van der Waals surface area contributed by atoms with Gasteiger partial charge in [0.25, 0.3) is 5.91 Å². The van der Waals surface area contributed by atoms with Gasteiger partial charge in [0.1, 0.15) is 0 Å². The lowest BCUT2D eigenvalue weighted by molar-refractivity contribution is -0.117. The molecule has 2 aromatic carbocycles. The molecule has 4 rings (SSSR count). The summed E-state index contributed by atoms with van der Waals surface area (Å²) in [6, 6.07) is 15.6. The molecule has 1 fully saturated rings. The third-order valence-corrected chi connectivity index (χ3v) is 8.17. The number of carbonyl (C=O) groups excluding carboxylic acids is 2. The minimum absolute atomic E-state index is 0.124. The number of rotatable bonds is 8. The molecule has 2 heterocycles. The highest BCUT2D eigenvalue weighted by molar-refractivity contribution is 7.89. The molecule has 0 radical (unpaired) electrons. The summed E-state index contributed by atoms with van der Waals surface area (Å²) in [7, 11) is -3.76. The Morgan fingerprint density at radius 2 is 1.92 bits per heavy atom. The molecule has 2 N–H and O–H groups in total. The fourth-order valence-corrected chi connectivity index (χ4v) is 5.84. The number of hydrogen-bond acceptors (Lipinski definition) is 5. The summed E-state index contributed by atoms with van der Waals surface area (Å²) in [5.41, 5.74) is 2.38. The van der Waals surface area contributed by atoms with Gasteiger partial charge in [0.15, 0.2) is 0 Å². The van der Waals surface area contributed by atoms with Crippen molar-refractivity contribution < 1.29 is 18.0 Å². The number of carbonyl (C=O) groups is 2. The number of fused-ring (bicyclic) bond motifs is 1. The molecule has 1 atom stereocenters. The number of nitrogens with one attached hydrogen (secondary N) is 2. The second-order valence-corrected chi connectivity index (χ2v) is 10.8. The van der Waals surface area contributed by atoms with Crippen molar-refractivity contribution in [2.45, 2.75) is 36.6 Å². The molecule has 1 unspecified atom stereocenters. The number of hydrogen-bond donors (Lipinski definition) is 2. The van der Waals surface area contributed by atoms with E-state index in [-0.39, 0.29) is 29.3 Å². The Bertz CT molecular complexity index is 1360. The van der Waals surface area contributed by atoms with Crippen LogP contribution in [-0.2, 0) is 21.2 Å². The van der Waals surface area contributed by atoms with Crippen LogP contribution in [0.1, 0.15) is 35.2 Å². The standard InChI is InChI=1S/C27H30N4O4S/c1-2-26(32)30-23-7-3-4-17-31(19-23)36(34,35)24-12-10-22(11-13-24)27(33)29-16-14-20-8-9-21-6-5-15-28-25(21)18-20/h2,5-6,8-13,15,18,23H,1,3-4,7,14,16-17,19H2,(H,29,33)(H,30,32). The van der Waals surface area contributed by atoms with Gasteiger partial charge >= 0.3 is 0 Å². The van der Waals surface area contributed by atoms with E-state index >= 15 is 0 Å². The van der Waals surface area contributed by atoms with Gasteiger partial charge in [-0.2, -0.15) is 4.31 Å². The van der Waals surface area contributed by atoms with Crippen molar-refractivity contribution >= 4 is 32.7 Å². The van der Waals surface area contributed by atoms with Crippen LogP contribution >= 0.6 is 0 Å². The predicted molar refractivity (Wildman–Crippen MR) is 139 cm³/mol. The van der Waals surface area contributed by atoms with E-state index in [1.54, 1.807) is 6.20 Å². The van der Waals surface area contributed by atoms with Gasteiger partial charge in [-0.15, -0.1) is 0 Å². The Labute approximate surface area is 211 Å². The molecule has 0 saturated carbocycles. The minimum atomic E-state index is -3.76. The minimum Gasteiger partial charge on any atom is -0.352 e. The number of benzene rings is 2. The van der Waals surface area contributed by atoms with E-state index in [2.05, 4.69) is 22.2 Å². The SMILES string of the molecule is C=CC(=O)NC1CCCCN(S(=O)(=O)c2ccc(C(=O)NCCc3ccc4cccnc4c3)cc2)C1. The Kier molecular flexibility index (Phi) is 8.12. The Morgan fingerprint density at radius 1 is 1.11 bits per heavy atom. The van der Waals surface area contributed by atoms with Gasteiger partial charge in [0.2, 0.25) is 15.9 Å². The summed E-state index contributed by atoms with van der Waals surface area (Å²) in [6.07, 6.45) is 5.84. The maximum atomic E-state index is 13.2. The van der Waals surface area contributed by atoms with Crippen molar-refractivity contribution in [3.63, 3.8) is 0 Å². The molecule has 1 saturated heterocycles. The lowest BCUT2D eigenvalue weighted by atomic mass is 10.1. The van der Waals surface area contributed by atoms with Crippen LogP contribution in [0.5, 0.6) is 0 Å². The molecule has 2 amide bonds. The van der Waals surface area contributed by atoms with Gasteiger partial charge in [0, 0.05) is 42.8 Å². The van der Waals surface area contributed by atoms with Gasteiger partial charge < -0.3 is 10.6 Å². The zero-order chi connectivity index (χ0) is 25.5. The van der Waals surface area contributed by atoms with Crippen LogP contribution in [-0.4, -0.2) is 55.2 Å². The van der Waals surface area contributed by atoms with E-state index in [0.717, 1.165) is 22.9 Å². The van der Waals surface area contributed by atoms with Crippen molar-refractivity contribution in [3.8, 4) is 0 Å². The first kappa shape index (κ1) is 25.5. The first-order valence-corrected chi connectivity index (χ1v) is 13.5. The number of amides is 2. The molecule has 3 aromatic rings. The van der Waals surface area contributed by atoms with Crippen LogP contribution in [0, 0.1) is 0 Å². The molecule has 1 aliphatic rings. The largest absolute Gasteiger partial charge is 0.352 e. The zero-order valence-electron chi connectivity index (χ0n) is 20.0. The third kappa shape index (κ3) is 6.16. The van der Waals surface area contributed by atoms with Crippen molar-refractivity contribution in [1.82, 2.24) is 19.9 Å². The third-order valence-electron chi connectivity index (χ3n) is 6.29. The van der Waals surface area contributed by atoms with E-state index in [9.17, 15) is 18.0 Å². The molecule has 0 bridgehead atoms. The van der Waals surface area contributed by atoms with E-state index in [0.29, 0.717) is 37.9 Å². The molecular weight excluding hydrogens is 476 g/mol. The summed E-state index contributed by atoms with van der Waals surface area (Å²) in [6.45, 7) is 4.49. The zero-order valence-corrected chi connectivity index (χ0v) is 20.8. The number of nitrogens with zero attached hydrogens (tertiary/aromatic N) is 2. The first-order valence-electron chi connectivity index (χ1n) is 12.0. The van der Waals surface area contributed by atoms with Crippen LogP contribution < -0.4 is 10.6 Å². The van der Waals surface area contributed by atoms with Crippen LogP contribution in [0.2, 0.25) is 0 Å². The summed E-state index contributed by atoms with van der Waals surface area (Å²) in [5.74, 6) is -0.577. The highest BCUT2D eigenvalue weighted by Gasteiger charge is 2.29. The van der Waals surface area contributed by atoms with Crippen LogP contribution in [0.3, 0.4) is 0 Å². The molecule has 1 aliphatic heterocycles. The Morgan fingerprint density at radius 3 is 2.69 bits per heavy atom. The van der Waals surface area contributed by atoms with E-state index in [1.807, 2.05) is 30.3 Å². The Hall–Kier alpha value is -3.56. The van der Waals surface area contributed by atoms with Crippen LogP contribution in [0.4, 0.5) is 0 Å². The lowest BCUT2D eigenvalue weighted by Crippen LogP contribution is -2.44. The number of sulfonamides is 1. The molecule has 9 heteroatoms. The normalized spacial score (nSPS) is 16.7. The Balaban J connectivity index is 1.36. The average Bonchev–Trinajstić information content (AvgIpc) is 3.14. The van der Waals surface area contributed by atoms with E-state index < -0.39 is 10.0 Å². The highest BCUT2D eigenvalue weighted by atomic mass is 32.2. The second kappa shape index (κ2) is 11.5. The van der Waals surface area contributed by atoms with Gasteiger partial charge in [-0.3, -0.25) is 14.6 Å². The summed E-state index contributed by atoms with van der Waals surface area (Å²) < 4.78 is 27.9. The summed E-state index contributed by atoms with van der Waals surface area (Å²) in [4.78, 5) is 28.8. The lowest BCUT2D eigenvalue weighted by Gasteiger charge is -2.24. The van der Waals surface area contributed by atoms with Gasteiger partial charge in [-0.05, 0) is 67.3 Å². The van der Waals surface area contributed by atoms with E-state index in [1.165, 1.54) is 34.6 Å². The molecule has 1 aromatic heterocycles. The van der Waals surface area contributed by atoms with Crippen LogP contribution in [0.15, 0.2) is 78.3 Å². The average molecular weight is 507 g/mol. The molecule has 188 valence electrons. The molecular formula is C27H30N4O4S. The van der Waals surface area contributed by atoms with Crippen molar-refractivity contribution in [2.24, 2.45) is 0 Å². The predicted octanol–water partition coefficient (Wildman–Crippen LogP) is 3.05. The fourth-order valence-electron chi connectivity index (χ4n) is 4.32. The molecule has 8 nitrogen and oxygen atoms in total. The molecule has 36 heavy (non-hydrogen) atoms. The number of pyridine rings is 1. The van der Waals surface area contributed by atoms with Crippen LogP contribution in [0.25, 0.3) is 10.9 Å². The molecule has 0 aliphatic carbocycles. The molecule has 0 spiro atoms. The van der Waals surface area contributed by atoms with Gasteiger partial charge in [-0.25, -0.2) is 8.42 Å². The fraction of sp³-hybridized carbons (Fsp3) is 0.296. The topological polar surface area (TPSA) is 108 Å². The first-order chi connectivity index (χ1) is 17.4. The monoisotopic (exact) mass is 506 g/mol. The maximum absolute atomic E-state index is 13.2. The van der Waals surface area contributed by atoms with Gasteiger partial charge in [0.05, 0.1) is 10.4 Å². The highest BCUT2D eigenvalue weighted by Crippen LogP contribution is 2.21. The summed E-state index contributed by atoms with van der Waals surface area (Å²) >= 11 is 0. The smallest absolute Gasteiger partial charge is 0.251 e. The quantitative estimate of drug-likeness (QED) is 0.457. The number of aromatic nitrogens is 1. The summed E-state index contributed by atoms with van der Waals surface area (Å²) in [5, 5.41) is 6.76.